The van der Waals surface area contributed by atoms with Crippen LogP contribution in [-0.2, 0) is 6.61 Å². The molecular formula is C27H27BrN4O4S. The third-order valence-electron chi connectivity index (χ3n) is 5.61. The van der Waals surface area contributed by atoms with Gasteiger partial charge in [0.15, 0.2) is 5.16 Å². The first kappa shape index (κ1) is 26.7. The van der Waals surface area contributed by atoms with Crippen molar-refractivity contribution in [2.45, 2.75) is 37.8 Å². The highest BCUT2D eigenvalue weighted by atomic mass is 79.9. The van der Waals surface area contributed by atoms with E-state index in [0.29, 0.717) is 29.9 Å². The summed E-state index contributed by atoms with van der Waals surface area (Å²) in [6.45, 7) is 6.57. The number of nitrogens with zero attached hydrogens (tertiary/aromatic N) is 4. The number of rotatable bonds is 11. The molecule has 8 nitrogen and oxygen atoms in total. The average Bonchev–Trinajstić information content (AvgIpc) is 3.24. The topological polar surface area (TPSA) is 92.3 Å². The fourth-order valence-electron chi connectivity index (χ4n) is 3.73. The van der Waals surface area contributed by atoms with Gasteiger partial charge >= 0.3 is 0 Å². The summed E-state index contributed by atoms with van der Waals surface area (Å²) < 4.78 is 14.1. The first-order valence-electron chi connectivity index (χ1n) is 11.8. The van der Waals surface area contributed by atoms with E-state index in [1.807, 2.05) is 92.1 Å². The van der Waals surface area contributed by atoms with E-state index in [2.05, 4.69) is 26.1 Å². The monoisotopic (exact) mass is 582 g/mol. The second kappa shape index (κ2) is 12.2. The Bertz CT molecular complexity index is 1360. The molecule has 0 spiro atoms. The molecule has 1 heterocycles. The van der Waals surface area contributed by atoms with Gasteiger partial charge < -0.3 is 9.47 Å². The molecule has 0 aliphatic heterocycles. The zero-order valence-corrected chi connectivity index (χ0v) is 23.2. The number of ether oxygens (including phenoxy) is 2. The molecule has 0 fully saturated rings. The Kier molecular flexibility index (Phi) is 8.83. The van der Waals surface area contributed by atoms with Crippen LogP contribution in [0.1, 0.15) is 34.7 Å². The molecule has 0 radical (unpaired) electrons. The quantitative estimate of drug-likeness (QED) is 0.110. The minimum atomic E-state index is -0.484. The lowest BCUT2D eigenvalue weighted by atomic mass is 10.1. The van der Waals surface area contributed by atoms with Gasteiger partial charge in [-0.1, -0.05) is 47.7 Å². The molecule has 0 saturated carbocycles. The van der Waals surface area contributed by atoms with E-state index in [-0.39, 0.29) is 11.5 Å². The molecular weight excluding hydrogens is 556 g/mol. The van der Waals surface area contributed by atoms with Gasteiger partial charge in [-0.15, -0.1) is 10.2 Å². The van der Waals surface area contributed by atoms with Crippen molar-refractivity contribution in [3.8, 4) is 17.2 Å². The van der Waals surface area contributed by atoms with Gasteiger partial charge in [-0.05, 0) is 84.2 Å². The van der Waals surface area contributed by atoms with E-state index in [9.17, 15) is 10.1 Å². The van der Waals surface area contributed by atoms with E-state index in [4.69, 9.17) is 9.47 Å². The highest BCUT2D eigenvalue weighted by Crippen LogP contribution is 2.39. The standard InChI is InChI=1S/C27H27BrN4O4S/c1-4-35-23-12-10-22(11-13-23)32-19(3)29-30-27(32)37-26(16-31(33)34)21-9-14-25(24(28)15-21)36-17-20-7-5-18(2)6-8-20/h5-15,26H,4,16-17H2,1-3H3/t26-/m1/s1. The van der Waals surface area contributed by atoms with Crippen LogP contribution in [0, 0.1) is 24.0 Å². The first-order chi connectivity index (χ1) is 17.8. The summed E-state index contributed by atoms with van der Waals surface area (Å²) in [5.41, 5.74) is 3.90. The van der Waals surface area contributed by atoms with Crippen LogP contribution in [0.4, 0.5) is 0 Å². The fraction of sp³-hybridized carbons (Fsp3) is 0.259. The van der Waals surface area contributed by atoms with Gasteiger partial charge in [0, 0.05) is 10.6 Å². The molecule has 0 aliphatic rings. The third-order valence-corrected chi connectivity index (χ3v) is 7.41. The summed E-state index contributed by atoms with van der Waals surface area (Å²) in [5.74, 6) is 2.13. The molecule has 10 heteroatoms. The molecule has 4 aromatic rings. The number of nitro groups is 1. The van der Waals surface area contributed by atoms with E-state index in [0.717, 1.165) is 27.0 Å². The third kappa shape index (κ3) is 6.90. The SMILES string of the molecule is CCOc1ccc(-n2c(C)nnc2S[C@H](C[N+](=O)[O-])c2ccc(OCc3ccc(C)cc3)c(Br)c2)cc1. The number of hydrogen-bond acceptors (Lipinski definition) is 7. The van der Waals surface area contributed by atoms with Crippen molar-refractivity contribution in [1.82, 2.24) is 14.8 Å². The number of hydrogen-bond donors (Lipinski definition) is 0. The maximum absolute atomic E-state index is 11.6. The Balaban J connectivity index is 1.55. The van der Waals surface area contributed by atoms with Crippen molar-refractivity contribution in [2.24, 2.45) is 0 Å². The van der Waals surface area contributed by atoms with Gasteiger partial charge in [-0.25, -0.2) is 0 Å². The number of thioether (sulfide) groups is 1. The molecule has 192 valence electrons. The van der Waals surface area contributed by atoms with Crippen LogP contribution >= 0.6 is 27.7 Å². The summed E-state index contributed by atoms with van der Waals surface area (Å²) in [7, 11) is 0. The maximum Gasteiger partial charge on any atom is 0.220 e. The van der Waals surface area contributed by atoms with Crippen LogP contribution < -0.4 is 9.47 Å². The van der Waals surface area contributed by atoms with Crippen molar-refractivity contribution in [3.05, 3.63) is 104 Å². The first-order valence-corrected chi connectivity index (χ1v) is 13.4. The van der Waals surface area contributed by atoms with Crippen molar-refractivity contribution < 1.29 is 14.4 Å². The molecule has 0 N–H and O–H groups in total. The van der Waals surface area contributed by atoms with Gasteiger partial charge in [-0.2, -0.15) is 0 Å². The molecule has 1 atom stereocenters. The van der Waals surface area contributed by atoms with Crippen LogP contribution in [0.25, 0.3) is 5.69 Å². The van der Waals surface area contributed by atoms with Crippen LogP contribution in [0.2, 0.25) is 0 Å². The molecule has 0 unspecified atom stereocenters. The van der Waals surface area contributed by atoms with Gasteiger partial charge in [0.2, 0.25) is 6.54 Å². The minimum Gasteiger partial charge on any atom is -0.494 e. The maximum atomic E-state index is 11.6. The van der Waals surface area contributed by atoms with Gasteiger partial charge in [0.25, 0.3) is 0 Å². The summed E-state index contributed by atoms with van der Waals surface area (Å²) in [4.78, 5) is 11.3. The summed E-state index contributed by atoms with van der Waals surface area (Å²) >= 11 is 4.89. The predicted octanol–water partition coefficient (Wildman–Crippen LogP) is 6.73. The molecule has 4 rings (SSSR count). The Morgan fingerprint density at radius 2 is 1.76 bits per heavy atom. The highest BCUT2D eigenvalue weighted by molar-refractivity contribution is 9.10. The summed E-state index contributed by atoms with van der Waals surface area (Å²) in [6, 6.07) is 21.3. The van der Waals surface area contributed by atoms with Crippen LogP contribution in [-0.4, -0.2) is 32.8 Å². The molecule has 3 aromatic carbocycles. The number of aromatic nitrogens is 3. The van der Waals surface area contributed by atoms with Crippen LogP contribution in [0.15, 0.2) is 76.4 Å². The fourth-order valence-corrected chi connectivity index (χ4v) is 5.40. The Labute approximate surface area is 228 Å². The molecule has 0 saturated heterocycles. The summed E-state index contributed by atoms with van der Waals surface area (Å²) in [6.07, 6.45) is 0. The highest BCUT2D eigenvalue weighted by Gasteiger charge is 2.24. The van der Waals surface area contributed by atoms with Crippen molar-refractivity contribution in [1.29, 1.82) is 0 Å². The number of benzene rings is 3. The van der Waals surface area contributed by atoms with Gasteiger partial charge in [0.1, 0.15) is 29.2 Å². The summed E-state index contributed by atoms with van der Waals surface area (Å²) in [5, 5.41) is 20.2. The normalized spacial score (nSPS) is 11.8. The molecule has 0 bridgehead atoms. The number of halogens is 1. The Morgan fingerprint density at radius 3 is 2.41 bits per heavy atom. The van der Waals surface area contributed by atoms with Crippen molar-refractivity contribution >= 4 is 27.7 Å². The minimum absolute atomic E-state index is 0.268. The lowest BCUT2D eigenvalue weighted by Crippen LogP contribution is -2.11. The average molecular weight is 584 g/mol. The lowest BCUT2D eigenvalue weighted by molar-refractivity contribution is -0.479. The van der Waals surface area contributed by atoms with E-state index >= 15 is 0 Å². The van der Waals surface area contributed by atoms with E-state index in [1.165, 1.54) is 17.3 Å². The Hall–Kier alpha value is -3.37. The van der Waals surface area contributed by atoms with E-state index < -0.39 is 5.25 Å². The van der Waals surface area contributed by atoms with Crippen LogP contribution in [0.5, 0.6) is 11.5 Å². The van der Waals surface area contributed by atoms with Crippen LogP contribution in [0.3, 0.4) is 0 Å². The largest absolute Gasteiger partial charge is 0.494 e. The van der Waals surface area contributed by atoms with Crippen molar-refractivity contribution in [2.75, 3.05) is 13.2 Å². The zero-order chi connectivity index (χ0) is 26.4. The second-order valence-electron chi connectivity index (χ2n) is 8.38. The Morgan fingerprint density at radius 1 is 1.03 bits per heavy atom. The zero-order valence-electron chi connectivity index (χ0n) is 20.8. The molecule has 0 amide bonds. The predicted molar refractivity (Wildman–Crippen MR) is 147 cm³/mol. The smallest absolute Gasteiger partial charge is 0.220 e. The molecule has 0 aliphatic carbocycles. The number of aryl methyl sites for hydroxylation is 2. The second-order valence-corrected chi connectivity index (χ2v) is 10.4. The van der Waals surface area contributed by atoms with Gasteiger partial charge in [-0.3, -0.25) is 14.7 Å². The van der Waals surface area contributed by atoms with Gasteiger partial charge in [0.05, 0.1) is 11.1 Å². The lowest BCUT2D eigenvalue weighted by Gasteiger charge is -2.16. The van der Waals surface area contributed by atoms with E-state index in [1.54, 1.807) is 0 Å². The molecule has 37 heavy (non-hydrogen) atoms. The molecule has 1 aromatic heterocycles. The van der Waals surface area contributed by atoms with Crippen molar-refractivity contribution in [3.63, 3.8) is 0 Å².